The minimum atomic E-state index is -0.503. The summed E-state index contributed by atoms with van der Waals surface area (Å²) in [6.45, 7) is 2.71. The first-order chi connectivity index (χ1) is 9.41. The van der Waals surface area contributed by atoms with Crippen LogP contribution >= 0.6 is 27.7 Å². The van der Waals surface area contributed by atoms with Crippen molar-refractivity contribution in [1.29, 1.82) is 0 Å². The van der Waals surface area contributed by atoms with Crippen molar-refractivity contribution < 1.29 is 9.72 Å². The van der Waals surface area contributed by atoms with Crippen LogP contribution in [0, 0.1) is 10.1 Å². The van der Waals surface area contributed by atoms with E-state index in [0.29, 0.717) is 16.6 Å². The predicted octanol–water partition coefficient (Wildman–Crippen LogP) is 3.37. The fraction of sp³-hybridized carbons (Fsp3) is 0.462. The first-order valence-electron chi connectivity index (χ1n) is 6.27. The summed E-state index contributed by atoms with van der Waals surface area (Å²) in [5.41, 5.74) is 0.214. The van der Waals surface area contributed by atoms with E-state index in [1.807, 2.05) is 11.8 Å². The molecule has 0 bridgehead atoms. The Morgan fingerprint density at radius 3 is 2.95 bits per heavy atom. The number of thioether (sulfide) groups is 1. The lowest BCUT2D eigenvalue weighted by molar-refractivity contribution is -0.384. The molecule has 0 saturated carbocycles. The number of hydrogen-bond donors (Lipinski definition) is 1. The molecule has 1 amide bonds. The number of nitro benzene ring substituents is 1. The summed E-state index contributed by atoms with van der Waals surface area (Å²) in [5.74, 6) is 0.835. The van der Waals surface area contributed by atoms with E-state index < -0.39 is 4.92 Å². The molecule has 1 atom stereocenters. The van der Waals surface area contributed by atoms with Crippen LogP contribution in [0.25, 0.3) is 0 Å². The molecule has 1 aromatic carbocycles. The third-order valence-electron chi connectivity index (χ3n) is 3.33. The van der Waals surface area contributed by atoms with E-state index in [4.69, 9.17) is 0 Å². The molecule has 0 radical (unpaired) electrons. The Morgan fingerprint density at radius 2 is 2.35 bits per heavy atom. The second-order valence-electron chi connectivity index (χ2n) is 5.01. The number of hydrogen-bond acceptors (Lipinski definition) is 4. The Bertz CT molecular complexity index is 544. The molecule has 1 unspecified atom stereocenters. The van der Waals surface area contributed by atoms with E-state index >= 15 is 0 Å². The average molecular weight is 359 g/mol. The van der Waals surface area contributed by atoms with Gasteiger partial charge in [-0.1, -0.05) is 0 Å². The molecule has 1 saturated heterocycles. The lowest BCUT2D eigenvalue weighted by Gasteiger charge is -2.22. The molecule has 2 rings (SSSR count). The van der Waals surface area contributed by atoms with Gasteiger partial charge in [0.05, 0.1) is 10.5 Å². The molecule has 1 heterocycles. The summed E-state index contributed by atoms with van der Waals surface area (Å²) >= 11 is 5.12. The second-order valence-corrected chi connectivity index (χ2v) is 7.54. The fourth-order valence-electron chi connectivity index (χ4n) is 2.14. The maximum Gasteiger partial charge on any atom is 0.270 e. The predicted molar refractivity (Wildman–Crippen MR) is 83.2 cm³/mol. The zero-order valence-corrected chi connectivity index (χ0v) is 13.4. The molecule has 1 N–H and O–H groups in total. The Balaban J connectivity index is 2.08. The van der Waals surface area contributed by atoms with Gasteiger partial charge in [-0.05, 0) is 47.5 Å². The molecule has 5 nitrogen and oxygen atoms in total. The topological polar surface area (TPSA) is 72.2 Å². The van der Waals surface area contributed by atoms with Crippen molar-refractivity contribution in [2.24, 2.45) is 0 Å². The van der Waals surface area contributed by atoms with Crippen LogP contribution in [0.4, 0.5) is 5.69 Å². The smallest absolute Gasteiger partial charge is 0.270 e. The summed E-state index contributed by atoms with van der Waals surface area (Å²) in [4.78, 5) is 22.4. The van der Waals surface area contributed by atoms with Crippen LogP contribution < -0.4 is 5.32 Å². The monoisotopic (exact) mass is 358 g/mol. The van der Waals surface area contributed by atoms with Crippen LogP contribution in [-0.4, -0.2) is 27.9 Å². The number of carbonyl (C=O) groups is 1. The molecule has 1 aliphatic rings. The second kappa shape index (κ2) is 6.13. The normalized spacial score (nSPS) is 21.7. The van der Waals surface area contributed by atoms with Gasteiger partial charge < -0.3 is 5.32 Å². The van der Waals surface area contributed by atoms with Crippen LogP contribution in [0.2, 0.25) is 0 Å². The van der Waals surface area contributed by atoms with Crippen molar-refractivity contribution in [3.8, 4) is 0 Å². The highest BCUT2D eigenvalue weighted by atomic mass is 79.9. The number of benzene rings is 1. The summed E-state index contributed by atoms with van der Waals surface area (Å²) in [6, 6.07) is 4.19. The Hall–Kier alpha value is -1.08. The lowest BCUT2D eigenvalue weighted by atomic mass is 10.1. The first-order valence-corrected chi connectivity index (χ1v) is 8.05. The molecule has 1 aromatic rings. The summed E-state index contributed by atoms with van der Waals surface area (Å²) in [6.07, 6.45) is 2.24. The maximum absolute atomic E-state index is 12.2. The number of amides is 1. The fourth-order valence-corrected chi connectivity index (χ4v) is 3.81. The van der Waals surface area contributed by atoms with Gasteiger partial charge in [-0.3, -0.25) is 14.9 Å². The van der Waals surface area contributed by atoms with Crippen molar-refractivity contribution in [2.45, 2.75) is 24.5 Å². The number of nitrogens with one attached hydrogen (secondary N) is 1. The quantitative estimate of drug-likeness (QED) is 0.661. The van der Waals surface area contributed by atoms with Gasteiger partial charge in [0, 0.05) is 27.9 Å². The third-order valence-corrected chi connectivity index (χ3v) is 5.56. The molecular weight excluding hydrogens is 344 g/mol. The van der Waals surface area contributed by atoms with Gasteiger partial charge in [0.2, 0.25) is 0 Å². The van der Waals surface area contributed by atoms with E-state index in [1.165, 1.54) is 18.2 Å². The third kappa shape index (κ3) is 3.52. The minimum absolute atomic E-state index is 0.0723. The van der Waals surface area contributed by atoms with Gasteiger partial charge in [-0.25, -0.2) is 0 Å². The van der Waals surface area contributed by atoms with Crippen LogP contribution in [-0.2, 0) is 0 Å². The number of non-ortho nitro benzene ring substituents is 1. The Morgan fingerprint density at radius 1 is 1.60 bits per heavy atom. The molecule has 7 heteroatoms. The van der Waals surface area contributed by atoms with Crippen LogP contribution in [0.3, 0.4) is 0 Å². The highest BCUT2D eigenvalue weighted by molar-refractivity contribution is 9.10. The molecule has 20 heavy (non-hydrogen) atoms. The number of nitro groups is 1. The number of nitrogens with zero attached hydrogens (tertiary/aromatic N) is 1. The number of carbonyl (C=O) groups excluding carboxylic acids is 1. The van der Waals surface area contributed by atoms with Crippen LogP contribution in [0.1, 0.15) is 30.1 Å². The first kappa shape index (κ1) is 15.3. The molecule has 0 aromatic heterocycles. The number of halogens is 1. The molecule has 0 aliphatic carbocycles. The van der Waals surface area contributed by atoms with Crippen molar-refractivity contribution in [3.05, 3.63) is 38.3 Å². The molecule has 108 valence electrons. The van der Waals surface area contributed by atoms with Crippen molar-refractivity contribution in [2.75, 3.05) is 12.3 Å². The van der Waals surface area contributed by atoms with E-state index in [2.05, 4.69) is 28.2 Å². The highest BCUT2D eigenvalue weighted by Crippen LogP contribution is 2.37. The molecule has 1 fully saturated rings. The largest absolute Gasteiger partial charge is 0.351 e. The zero-order chi connectivity index (χ0) is 14.8. The van der Waals surface area contributed by atoms with Gasteiger partial charge >= 0.3 is 0 Å². The Labute approximate surface area is 129 Å². The van der Waals surface area contributed by atoms with Crippen molar-refractivity contribution in [1.82, 2.24) is 5.32 Å². The molecule has 1 aliphatic heterocycles. The number of rotatable bonds is 4. The van der Waals surface area contributed by atoms with E-state index in [-0.39, 0.29) is 16.3 Å². The molecular formula is C13H15BrN2O3S. The van der Waals surface area contributed by atoms with Gasteiger partial charge in [0.1, 0.15) is 0 Å². The Kier molecular flexibility index (Phi) is 4.70. The SMILES string of the molecule is CC1(CNC(=O)c2cc([N+](=O)[O-])ccc2Br)CCCS1. The van der Waals surface area contributed by atoms with E-state index in [0.717, 1.165) is 18.6 Å². The van der Waals surface area contributed by atoms with E-state index in [1.54, 1.807) is 0 Å². The summed E-state index contributed by atoms with van der Waals surface area (Å²) in [7, 11) is 0. The summed E-state index contributed by atoms with van der Waals surface area (Å²) < 4.78 is 0.632. The van der Waals surface area contributed by atoms with Gasteiger partial charge in [-0.2, -0.15) is 11.8 Å². The maximum atomic E-state index is 12.2. The zero-order valence-electron chi connectivity index (χ0n) is 11.0. The van der Waals surface area contributed by atoms with Crippen LogP contribution in [0.5, 0.6) is 0 Å². The van der Waals surface area contributed by atoms with E-state index in [9.17, 15) is 14.9 Å². The van der Waals surface area contributed by atoms with Gasteiger partial charge in [-0.15, -0.1) is 0 Å². The standard InChI is InChI=1S/C13H15BrN2O3S/c1-13(5-2-6-20-13)8-15-12(17)10-7-9(16(18)19)3-4-11(10)14/h3-4,7H,2,5-6,8H2,1H3,(H,15,17). The highest BCUT2D eigenvalue weighted by Gasteiger charge is 2.30. The van der Waals surface area contributed by atoms with Gasteiger partial charge in [0.25, 0.3) is 11.6 Å². The summed E-state index contributed by atoms with van der Waals surface area (Å²) in [5, 5.41) is 13.6. The minimum Gasteiger partial charge on any atom is -0.351 e. The van der Waals surface area contributed by atoms with Crippen LogP contribution in [0.15, 0.2) is 22.7 Å². The average Bonchev–Trinajstić information content (AvgIpc) is 2.84. The lowest BCUT2D eigenvalue weighted by Crippen LogP contribution is -2.36. The van der Waals surface area contributed by atoms with Crippen molar-refractivity contribution in [3.63, 3.8) is 0 Å². The van der Waals surface area contributed by atoms with Crippen molar-refractivity contribution >= 4 is 39.3 Å². The van der Waals surface area contributed by atoms with Gasteiger partial charge in [0.15, 0.2) is 0 Å². The molecule has 0 spiro atoms.